The minimum Gasteiger partial charge on any atom is -0.466 e. The molecule has 0 saturated heterocycles. The van der Waals surface area contributed by atoms with Crippen molar-refractivity contribution < 1.29 is 19.1 Å². The third kappa shape index (κ3) is 3.25. The monoisotopic (exact) mass is 553 g/mol. The summed E-state index contributed by atoms with van der Waals surface area (Å²) in [7, 11) is 2.74. The summed E-state index contributed by atoms with van der Waals surface area (Å²) in [6, 6.07) is 34.7. The van der Waals surface area contributed by atoms with Gasteiger partial charge in [-0.25, -0.2) is 9.59 Å². The number of carbonyl (C=O) groups excluding carboxylic acids is 2. The van der Waals surface area contributed by atoms with Gasteiger partial charge >= 0.3 is 11.9 Å². The number of esters is 2. The molecule has 7 rings (SSSR count). The van der Waals surface area contributed by atoms with Gasteiger partial charge < -0.3 is 14.4 Å². The maximum Gasteiger partial charge on any atom is 0.355 e. The molecule has 1 unspecified atom stereocenters. The predicted molar refractivity (Wildman–Crippen MR) is 163 cm³/mol. The van der Waals surface area contributed by atoms with Crippen molar-refractivity contribution >= 4 is 17.6 Å². The minimum atomic E-state index is -1.09. The van der Waals surface area contributed by atoms with Crippen LogP contribution < -0.4 is 4.90 Å². The minimum absolute atomic E-state index is 0.179. The fraction of sp³-hybridized carbons (Fsp3) is 0.189. The molecule has 2 heterocycles. The molecule has 5 heteroatoms. The van der Waals surface area contributed by atoms with Crippen LogP contribution >= 0.6 is 0 Å². The van der Waals surface area contributed by atoms with Gasteiger partial charge in [0.25, 0.3) is 0 Å². The molecule has 1 spiro atoms. The van der Waals surface area contributed by atoms with E-state index in [0.717, 1.165) is 44.8 Å². The molecule has 0 N–H and O–H groups in total. The van der Waals surface area contributed by atoms with E-state index in [4.69, 9.17) is 9.47 Å². The van der Waals surface area contributed by atoms with Crippen LogP contribution in [-0.4, -0.2) is 26.2 Å². The van der Waals surface area contributed by atoms with Crippen LogP contribution in [0.1, 0.15) is 42.0 Å². The zero-order chi connectivity index (χ0) is 29.2. The van der Waals surface area contributed by atoms with Crippen molar-refractivity contribution in [2.75, 3.05) is 19.1 Å². The third-order valence-corrected chi connectivity index (χ3v) is 9.27. The Balaban J connectivity index is 1.75. The molecular formula is C37H31NO4. The summed E-state index contributed by atoms with van der Waals surface area (Å²) in [5.41, 5.74) is 6.68. The predicted octanol–water partition coefficient (Wildman–Crippen LogP) is 7.03. The van der Waals surface area contributed by atoms with Gasteiger partial charge in [-0.2, -0.15) is 0 Å². The van der Waals surface area contributed by atoms with Gasteiger partial charge in [-0.15, -0.1) is 0 Å². The van der Waals surface area contributed by atoms with Gasteiger partial charge in [0.15, 0.2) is 0 Å². The molecule has 0 bridgehead atoms. The average Bonchev–Trinajstić information content (AvgIpc) is 3.37. The van der Waals surface area contributed by atoms with Gasteiger partial charge in [-0.1, -0.05) is 117 Å². The van der Waals surface area contributed by atoms with E-state index in [9.17, 15) is 9.59 Å². The fourth-order valence-corrected chi connectivity index (χ4v) is 7.53. The summed E-state index contributed by atoms with van der Waals surface area (Å²) in [5.74, 6) is -1.53. The van der Waals surface area contributed by atoms with Crippen LogP contribution in [0.2, 0.25) is 0 Å². The Hall–Kier alpha value is -4.90. The first-order valence-corrected chi connectivity index (χ1v) is 14.1. The van der Waals surface area contributed by atoms with Crippen molar-refractivity contribution in [1.29, 1.82) is 0 Å². The molecule has 1 atom stereocenters. The number of anilines is 1. The Kier molecular flexibility index (Phi) is 5.77. The lowest BCUT2D eigenvalue weighted by molar-refractivity contribution is -0.140. The normalized spacial score (nSPS) is 18.8. The van der Waals surface area contributed by atoms with Crippen LogP contribution in [0.25, 0.3) is 11.1 Å². The zero-order valence-electron chi connectivity index (χ0n) is 24.0. The Morgan fingerprint density at radius 3 is 1.79 bits per heavy atom. The molecule has 2 aliphatic heterocycles. The number of para-hydroxylation sites is 1. The van der Waals surface area contributed by atoms with E-state index in [1.165, 1.54) is 14.2 Å². The Bertz CT molecular complexity index is 1790. The van der Waals surface area contributed by atoms with Gasteiger partial charge in [0.2, 0.25) is 0 Å². The molecule has 1 aliphatic carbocycles. The smallest absolute Gasteiger partial charge is 0.355 e. The van der Waals surface area contributed by atoms with Crippen molar-refractivity contribution in [3.05, 3.63) is 148 Å². The summed E-state index contributed by atoms with van der Waals surface area (Å²) >= 11 is 0. The first kappa shape index (κ1) is 26.0. The van der Waals surface area contributed by atoms with Gasteiger partial charge in [0.1, 0.15) is 5.70 Å². The molecule has 42 heavy (non-hydrogen) atoms. The van der Waals surface area contributed by atoms with Crippen LogP contribution in [-0.2, 0) is 29.9 Å². The highest BCUT2D eigenvalue weighted by atomic mass is 16.5. The van der Waals surface area contributed by atoms with Crippen LogP contribution in [0.3, 0.4) is 0 Å². The highest BCUT2D eigenvalue weighted by Crippen LogP contribution is 2.64. The molecule has 5 nitrogen and oxygen atoms in total. The standard InChI is InChI=1S/C37H31NO4/c1-36(2)28-20-12-13-21-30(28)38-31(36)22-29(23-14-6-5-7-15-23)37(32(34(39)41-3)33(38)35(40)42-4)26-18-10-8-16-24(26)25-17-9-11-19-27(25)37/h5-22,29H,1-4H3. The summed E-state index contributed by atoms with van der Waals surface area (Å²) in [4.78, 5) is 30.5. The number of benzene rings is 4. The molecule has 208 valence electrons. The van der Waals surface area contributed by atoms with Gasteiger partial charge in [0.05, 0.1) is 30.9 Å². The third-order valence-electron chi connectivity index (χ3n) is 9.27. The number of rotatable bonds is 3. The number of carbonyl (C=O) groups is 2. The molecule has 0 radical (unpaired) electrons. The molecule has 0 saturated carbocycles. The van der Waals surface area contributed by atoms with Crippen molar-refractivity contribution in [2.45, 2.75) is 30.6 Å². The van der Waals surface area contributed by atoms with Crippen LogP contribution in [0.5, 0.6) is 0 Å². The SMILES string of the molecule is COC(=O)C1=C(C(=O)OC)C2(c3ccccc3-c3ccccc32)C(c2ccccc2)C=C2N1c1ccccc1C2(C)C. The number of fused-ring (bicyclic) bond motifs is 8. The first-order chi connectivity index (χ1) is 20.4. The Morgan fingerprint density at radius 2 is 1.19 bits per heavy atom. The van der Waals surface area contributed by atoms with E-state index >= 15 is 0 Å². The second-order valence-electron chi connectivity index (χ2n) is 11.5. The Labute approximate surface area is 245 Å². The van der Waals surface area contributed by atoms with E-state index in [1.807, 2.05) is 65.6 Å². The number of nitrogens with zero attached hydrogens (tertiary/aromatic N) is 1. The zero-order valence-corrected chi connectivity index (χ0v) is 24.0. The highest BCUT2D eigenvalue weighted by Gasteiger charge is 2.59. The quantitative estimate of drug-likeness (QED) is 0.255. The average molecular weight is 554 g/mol. The van der Waals surface area contributed by atoms with E-state index in [-0.39, 0.29) is 17.2 Å². The second-order valence-corrected chi connectivity index (χ2v) is 11.5. The number of methoxy groups -OCH3 is 2. The number of hydrogen-bond acceptors (Lipinski definition) is 5. The van der Waals surface area contributed by atoms with Crippen molar-refractivity contribution in [3.63, 3.8) is 0 Å². The molecule has 0 amide bonds. The lowest BCUT2D eigenvalue weighted by Crippen LogP contribution is -2.41. The summed E-state index contributed by atoms with van der Waals surface area (Å²) in [6.07, 6.45) is 2.27. The Morgan fingerprint density at radius 1 is 0.667 bits per heavy atom. The number of hydrogen-bond donors (Lipinski definition) is 0. The maximum absolute atomic E-state index is 14.4. The lowest BCUT2D eigenvalue weighted by atomic mass is 9.60. The summed E-state index contributed by atoms with van der Waals surface area (Å²) < 4.78 is 11.1. The van der Waals surface area contributed by atoms with Gasteiger partial charge in [0, 0.05) is 17.0 Å². The van der Waals surface area contributed by atoms with Crippen LogP contribution in [0.15, 0.2) is 126 Å². The topological polar surface area (TPSA) is 55.8 Å². The van der Waals surface area contributed by atoms with Crippen LogP contribution in [0.4, 0.5) is 5.69 Å². The van der Waals surface area contributed by atoms with Gasteiger partial charge in [-0.3, -0.25) is 0 Å². The van der Waals surface area contributed by atoms with Crippen molar-refractivity contribution in [2.24, 2.45) is 0 Å². The van der Waals surface area contributed by atoms with E-state index < -0.39 is 22.8 Å². The fourth-order valence-electron chi connectivity index (χ4n) is 7.53. The van der Waals surface area contributed by atoms with Crippen molar-refractivity contribution in [3.8, 4) is 11.1 Å². The van der Waals surface area contributed by atoms with Crippen molar-refractivity contribution in [1.82, 2.24) is 0 Å². The van der Waals surface area contributed by atoms with E-state index in [2.05, 4.69) is 62.4 Å². The molecular weight excluding hydrogens is 522 g/mol. The van der Waals surface area contributed by atoms with Crippen LogP contribution in [0, 0.1) is 0 Å². The molecule has 0 aromatic heterocycles. The summed E-state index contributed by atoms with van der Waals surface area (Å²) in [5, 5.41) is 0. The number of allylic oxidation sites excluding steroid dienone is 2. The summed E-state index contributed by atoms with van der Waals surface area (Å²) in [6.45, 7) is 4.34. The van der Waals surface area contributed by atoms with E-state index in [0.29, 0.717) is 0 Å². The first-order valence-electron chi connectivity index (χ1n) is 14.1. The highest BCUT2D eigenvalue weighted by molar-refractivity contribution is 6.09. The maximum atomic E-state index is 14.4. The molecule has 0 fully saturated rings. The molecule has 4 aromatic rings. The molecule has 3 aliphatic rings. The number of ether oxygens (including phenoxy) is 2. The second kappa shape index (κ2) is 9.31. The van der Waals surface area contributed by atoms with Gasteiger partial charge in [-0.05, 0) is 39.4 Å². The lowest BCUT2D eigenvalue weighted by Gasteiger charge is -2.40. The van der Waals surface area contributed by atoms with E-state index in [1.54, 1.807) is 0 Å². The largest absolute Gasteiger partial charge is 0.466 e. The molecule has 4 aromatic carbocycles.